The number of carboxylic acids is 1. The van der Waals surface area contributed by atoms with Crippen LogP contribution in [0.4, 0.5) is 5.69 Å². The molecule has 3 rings (SSSR count). The van der Waals surface area contributed by atoms with Crippen LogP contribution in [0, 0.1) is 0 Å². The number of carboxylic acid groups (broad SMARTS) is 1. The molecule has 0 unspecified atom stereocenters. The van der Waals surface area contributed by atoms with Crippen LogP contribution in [0.2, 0.25) is 0 Å². The zero-order valence-electron chi connectivity index (χ0n) is 12.8. The summed E-state index contributed by atoms with van der Waals surface area (Å²) in [6, 6.07) is 7.28. The Balaban J connectivity index is 1.95. The standard InChI is InChI=1S/C14H15N3O6S2/c15-25(22,23)17-8-7-12(13(17)14(18)19)9-1-3-10(4-2-9)16-24(20,21)11-5-6-11/h1-4,7-8,11,16H,5-6H2,(H,18,19)(H2,15,22,23). The van der Waals surface area contributed by atoms with E-state index in [4.69, 9.17) is 5.14 Å². The number of hydrogen-bond donors (Lipinski definition) is 3. The molecule has 1 aliphatic carbocycles. The molecule has 0 bridgehead atoms. The summed E-state index contributed by atoms with van der Waals surface area (Å²) in [6.07, 6.45) is 2.32. The van der Waals surface area contributed by atoms with Crippen molar-refractivity contribution >= 4 is 31.9 Å². The van der Waals surface area contributed by atoms with Crippen LogP contribution in [-0.2, 0) is 20.2 Å². The van der Waals surface area contributed by atoms with Gasteiger partial charge in [-0.05, 0) is 36.6 Å². The van der Waals surface area contributed by atoms with Crippen LogP contribution in [0.15, 0.2) is 36.5 Å². The molecule has 1 fully saturated rings. The molecule has 11 heteroatoms. The number of anilines is 1. The van der Waals surface area contributed by atoms with E-state index in [0.717, 1.165) is 6.20 Å². The summed E-state index contributed by atoms with van der Waals surface area (Å²) in [5.41, 5.74) is 0.416. The predicted octanol–water partition coefficient (Wildman–Crippen LogP) is 0.809. The fraction of sp³-hybridized carbons (Fsp3) is 0.214. The van der Waals surface area contributed by atoms with Gasteiger partial charge in [-0.2, -0.15) is 8.42 Å². The Morgan fingerprint density at radius 2 is 1.72 bits per heavy atom. The van der Waals surface area contributed by atoms with Gasteiger partial charge in [0.05, 0.1) is 5.25 Å². The number of nitrogens with zero attached hydrogens (tertiary/aromatic N) is 1. The number of aromatic carboxylic acids is 1. The van der Waals surface area contributed by atoms with Gasteiger partial charge in [-0.1, -0.05) is 12.1 Å². The molecule has 134 valence electrons. The Labute approximate surface area is 144 Å². The lowest BCUT2D eigenvalue weighted by atomic mass is 10.1. The van der Waals surface area contributed by atoms with Crippen molar-refractivity contribution < 1.29 is 26.7 Å². The summed E-state index contributed by atoms with van der Waals surface area (Å²) >= 11 is 0. The summed E-state index contributed by atoms with van der Waals surface area (Å²) in [6.45, 7) is 0. The van der Waals surface area contributed by atoms with E-state index in [1.165, 1.54) is 30.3 Å². The van der Waals surface area contributed by atoms with E-state index in [-0.39, 0.29) is 10.8 Å². The highest BCUT2D eigenvalue weighted by molar-refractivity contribution is 7.93. The second kappa shape index (κ2) is 5.86. The van der Waals surface area contributed by atoms with Gasteiger partial charge in [-0.25, -0.2) is 22.3 Å². The van der Waals surface area contributed by atoms with Crippen molar-refractivity contribution in [2.75, 3.05) is 4.72 Å². The molecule has 9 nitrogen and oxygen atoms in total. The number of nitrogens with two attached hydrogens (primary N) is 1. The molecule has 0 aliphatic heterocycles. The minimum Gasteiger partial charge on any atom is -0.477 e. The van der Waals surface area contributed by atoms with Crippen molar-refractivity contribution in [2.24, 2.45) is 5.14 Å². The molecule has 1 aliphatic rings. The number of sulfonamides is 1. The molecule has 0 radical (unpaired) electrons. The maximum atomic E-state index is 11.9. The number of benzene rings is 1. The number of carbonyl (C=O) groups is 1. The van der Waals surface area contributed by atoms with Crippen molar-refractivity contribution in [3.63, 3.8) is 0 Å². The quantitative estimate of drug-likeness (QED) is 0.670. The maximum absolute atomic E-state index is 11.9. The normalized spacial score (nSPS) is 15.1. The SMILES string of the molecule is NS(=O)(=O)n1ccc(-c2ccc(NS(=O)(=O)C3CC3)cc2)c1C(=O)O. The molecule has 0 saturated heterocycles. The molecular weight excluding hydrogens is 370 g/mol. The van der Waals surface area contributed by atoms with Gasteiger partial charge in [0.1, 0.15) is 0 Å². The van der Waals surface area contributed by atoms with Crippen LogP contribution in [0.5, 0.6) is 0 Å². The average Bonchev–Trinajstić information content (AvgIpc) is 3.26. The summed E-state index contributed by atoms with van der Waals surface area (Å²) in [7, 11) is -7.65. The molecule has 1 heterocycles. The second-order valence-electron chi connectivity index (χ2n) is 5.65. The van der Waals surface area contributed by atoms with Gasteiger partial charge in [0.25, 0.3) is 0 Å². The van der Waals surface area contributed by atoms with Crippen LogP contribution < -0.4 is 9.86 Å². The van der Waals surface area contributed by atoms with Crippen LogP contribution in [0.25, 0.3) is 11.1 Å². The summed E-state index contributed by atoms with van der Waals surface area (Å²) in [4.78, 5) is 11.4. The smallest absolute Gasteiger partial charge is 0.354 e. The van der Waals surface area contributed by atoms with E-state index in [2.05, 4.69) is 4.72 Å². The van der Waals surface area contributed by atoms with Gasteiger partial charge in [0.2, 0.25) is 10.0 Å². The zero-order chi connectivity index (χ0) is 18.4. The molecule has 1 aromatic heterocycles. The Bertz CT molecular complexity index is 1030. The van der Waals surface area contributed by atoms with Crippen molar-refractivity contribution in [2.45, 2.75) is 18.1 Å². The molecule has 1 aromatic carbocycles. The van der Waals surface area contributed by atoms with Gasteiger partial charge in [0.15, 0.2) is 5.69 Å². The minimum atomic E-state index is -4.26. The first kappa shape index (κ1) is 17.5. The highest BCUT2D eigenvalue weighted by atomic mass is 32.2. The second-order valence-corrected chi connectivity index (χ2v) is 9.03. The molecule has 4 N–H and O–H groups in total. The molecule has 2 aromatic rings. The number of nitrogens with one attached hydrogen (secondary N) is 1. The van der Waals surface area contributed by atoms with Crippen molar-refractivity contribution in [1.82, 2.24) is 3.97 Å². The Morgan fingerprint density at radius 3 is 2.20 bits per heavy atom. The van der Waals surface area contributed by atoms with Gasteiger partial charge in [0, 0.05) is 17.4 Å². The molecule has 0 amide bonds. The van der Waals surface area contributed by atoms with Crippen molar-refractivity contribution in [3.05, 3.63) is 42.2 Å². The summed E-state index contributed by atoms with van der Waals surface area (Å²) < 4.78 is 49.7. The fourth-order valence-corrected chi connectivity index (χ4v) is 4.46. The molecule has 1 saturated carbocycles. The fourth-order valence-electron chi connectivity index (χ4n) is 2.41. The lowest BCUT2D eigenvalue weighted by Crippen LogP contribution is -2.24. The lowest BCUT2D eigenvalue weighted by Gasteiger charge is -2.09. The van der Waals surface area contributed by atoms with Gasteiger partial charge in [-0.15, -0.1) is 0 Å². The molecule has 0 atom stereocenters. The van der Waals surface area contributed by atoms with Gasteiger partial charge >= 0.3 is 16.2 Å². The van der Waals surface area contributed by atoms with Crippen LogP contribution in [0.1, 0.15) is 23.3 Å². The highest BCUT2D eigenvalue weighted by Crippen LogP contribution is 2.31. The summed E-state index contributed by atoms with van der Waals surface area (Å²) in [5.74, 6) is -1.45. The molecular formula is C14H15N3O6S2. The van der Waals surface area contributed by atoms with E-state index < -0.39 is 31.9 Å². The monoisotopic (exact) mass is 385 g/mol. The first-order valence-electron chi connectivity index (χ1n) is 7.19. The van der Waals surface area contributed by atoms with E-state index >= 15 is 0 Å². The topological polar surface area (TPSA) is 149 Å². The highest BCUT2D eigenvalue weighted by Gasteiger charge is 2.35. The molecule has 0 spiro atoms. The van der Waals surface area contributed by atoms with Crippen molar-refractivity contribution in [3.8, 4) is 11.1 Å². The van der Waals surface area contributed by atoms with E-state index in [1.54, 1.807) is 0 Å². The number of aromatic nitrogens is 1. The first-order valence-corrected chi connectivity index (χ1v) is 10.2. The molecule has 25 heavy (non-hydrogen) atoms. The zero-order valence-corrected chi connectivity index (χ0v) is 14.4. The predicted molar refractivity (Wildman–Crippen MR) is 90.9 cm³/mol. The van der Waals surface area contributed by atoms with E-state index in [9.17, 15) is 26.7 Å². The van der Waals surface area contributed by atoms with Crippen LogP contribution in [0.3, 0.4) is 0 Å². The number of rotatable bonds is 6. The third-order valence-corrected chi connectivity index (χ3v) is 6.47. The van der Waals surface area contributed by atoms with E-state index in [1.807, 2.05) is 0 Å². The Morgan fingerprint density at radius 1 is 1.12 bits per heavy atom. The number of hydrogen-bond acceptors (Lipinski definition) is 5. The lowest BCUT2D eigenvalue weighted by molar-refractivity contribution is 0.0690. The third kappa shape index (κ3) is 3.52. The van der Waals surface area contributed by atoms with Gasteiger partial charge < -0.3 is 5.11 Å². The Kier molecular flexibility index (Phi) is 4.09. The minimum absolute atomic E-state index is 0.151. The van der Waals surface area contributed by atoms with Crippen LogP contribution >= 0.6 is 0 Å². The third-order valence-electron chi connectivity index (χ3n) is 3.75. The largest absolute Gasteiger partial charge is 0.477 e. The van der Waals surface area contributed by atoms with Crippen LogP contribution in [-0.4, -0.2) is 37.1 Å². The average molecular weight is 385 g/mol. The van der Waals surface area contributed by atoms with E-state index in [0.29, 0.717) is 28.1 Å². The Hall–Kier alpha value is -2.37. The summed E-state index contributed by atoms with van der Waals surface area (Å²) in [5, 5.41) is 13.9. The maximum Gasteiger partial charge on any atom is 0.354 e. The first-order chi connectivity index (χ1) is 11.6. The van der Waals surface area contributed by atoms with Gasteiger partial charge in [-0.3, -0.25) is 4.72 Å². The van der Waals surface area contributed by atoms with Crippen molar-refractivity contribution in [1.29, 1.82) is 0 Å².